The summed E-state index contributed by atoms with van der Waals surface area (Å²) >= 11 is 0. The van der Waals surface area contributed by atoms with Crippen molar-refractivity contribution >= 4 is 0 Å². The van der Waals surface area contributed by atoms with Gasteiger partial charge in [0.15, 0.2) is 0 Å². The van der Waals surface area contributed by atoms with E-state index in [0.29, 0.717) is 0 Å². The van der Waals surface area contributed by atoms with Gasteiger partial charge in [-0.15, -0.1) is 10.2 Å². The summed E-state index contributed by atoms with van der Waals surface area (Å²) in [6, 6.07) is 0. The minimum absolute atomic E-state index is 0.816. The maximum atomic E-state index is 4.24. The topological polar surface area (TPSA) is 30.7 Å². The SMILES string of the molecule is CC[C@H](C)C1CCn2c(C)nnc2C1. The van der Waals surface area contributed by atoms with E-state index in [1.54, 1.807) is 0 Å². The molecular weight excluding hydrogens is 174 g/mol. The molecule has 0 fully saturated rings. The van der Waals surface area contributed by atoms with Gasteiger partial charge in [0.05, 0.1) is 0 Å². The molecule has 0 saturated heterocycles. The largest absolute Gasteiger partial charge is 0.315 e. The van der Waals surface area contributed by atoms with Crippen LogP contribution in [0.5, 0.6) is 0 Å². The Morgan fingerprint density at radius 2 is 2.29 bits per heavy atom. The monoisotopic (exact) mass is 193 g/mol. The smallest absolute Gasteiger partial charge is 0.133 e. The molecule has 0 radical (unpaired) electrons. The molecule has 1 aliphatic heterocycles. The van der Waals surface area contributed by atoms with Crippen LogP contribution in [0.1, 0.15) is 38.3 Å². The fraction of sp³-hybridized carbons (Fsp3) is 0.818. The van der Waals surface area contributed by atoms with Gasteiger partial charge in [0.2, 0.25) is 0 Å². The Labute approximate surface area is 85.5 Å². The maximum absolute atomic E-state index is 4.24. The molecule has 1 unspecified atom stereocenters. The van der Waals surface area contributed by atoms with Crippen molar-refractivity contribution in [3.8, 4) is 0 Å². The highest BCUT2D eigenvalue weighted by Crippen LogP contribution is 2.27. The molecular formula is C11H19N3. The first kappa shape index (κ1) is 9.69. The van der Waals surface area contributed by atoms with Gasteiger partial charge in [0.1, 0.15) is 11.6 Å². The summed E-state index contributed by atoms with van der Waals surface area (Å²) in [4.78, 5) is 0. The zero-order valence-electron chi connectivity index (χ0n) is 9.32. The molecule has 3 nitrogen and oxygen atoms in total. The summed E-state index contributed by atoms with van der Waals surface area (Å²) in [5.41, 5.74) is 0. The Bertz CT molecular complexity index is 316. The van der Waals surface area contributed by atoms with Gasteiger partial charge in [-0.2, -0.15) is 0 Å². The van der Waals surface area contributed by atoms with Crippen molar-refractivity contribution in [2.75, 3.05) is 0 Å². The van der Waals surface area contributed by atoms with Gasteiger partial charge in [-0.05, 0) is 25.2 Å². The summed E-state index contributed by atoms with van der Waals surface area (Å²) < 4.78 is 2.26. The molecule has 1 aliphatic rings. The Balaban J connectivity index is 2.14. The molecule has 2 atom stereocenters. The summed E-state index contributed by atoms with van der Waals surface area (Å²) in [6.45, 7) is 7.78. The highest BCUT2D eigenvalue weighted by molar-refractivity contribution is 4.99. The van der Waals surface area contributed by atoms with Crippen molar-refractivity contribution in [2.24, 2.45) is 11.8 Å². The lowest BCUT2D eigenvalue weighted by Gasteiger charge is -2.27. The molecule has 0 bridgehead atoms. The molecule has 1 aromatic rings. The normalized spacial score (nSPS) is 23.2. The van der Waals surface area contributed by atoms with Crippen molar-refractivity contribution in [1.82, 2.24) is 14.8 Å². The Hall–Kier alpha value is -0.860. The van der Waals surface area contributed by atoms with E-state index in [9.17, 15) is 0 Å². The highest BCUT2D eigenvalue weighted by Gasteiger charge is 2.24. The molecule has 2 rings (SSSR count). The van der Waals surface area contributed by atoms with Gasteiger partial charge in [-0.3, -0.25) is 0 Å². The lowest BCUT2D eigenvalue weighted by Crippen LogP contribution is -2.24. The first-order chi connectivity index (χ1) is 6.72. The van der Waals surface area contributed by atoms with E-state index < -0.39 is 0 Å². The van der Waals surface area contributed by atoms with Crippen molar-refractivity contribution in [3.05, 3.63) is 11.6 Å². The number of fused-ring (bicyclic) bond motifs is 1. The molecule has 14 heavy (non-hydrogen) atoms. The molecule has 0 aliphatic carbocycles. The molecule has 0 amide bonds. The second-order valence-corrected chi connectivity index (χ2v) is 4.45. The van der Waals surface area contributed by atoms with E-state index in [4.69, 9.17) is 0 Å². The van der Waals surface area contributed by atoms with Crippen LogP contribution in [0.4, 0.5) is 0 Å². The minimum atomic E-state index is 0.816. The number of aromatic nitrogens is 3. The number of nitrogens with zero attached hydrogens (tertiary/aromatic N) is 3. The fourth-order valence-electron chi connectivity index (χ4n) is 2.32. The van der Waals surface area contributed by atoms with Crippen molar-refractivity contribution in [2.45, 2.75) is 46.6 Å². The fourth-order valence-corrected chi connectivity index (χ4v) is 2.32. The van der Waals surface area contributed by atoms with Gasteiger partial charge < -0.3 is 4.57 Å². The van der Waals surface area contributed by atoms with E-state index in [-0.39, 0.29) is 0 Å². The summed E-state index contributed by atoms with van der Waals surface area (Å²) in [6.07, 6.45) is 3.69. The van der Waals surface area contributed by atoms with Crippen LogP contribution < -0.4 is 0 Å². The highest BCUT2D eigenvalue weighted by atomic mass is 15.3. The van der Waals surface area contributed by atoms with E-state index in [1.165, 1.54) is 18.7 Å². The van der Waals surface area contributed by atoms with Gasteiger partial charge in [0, 0.05) is 13.0 Å². The molecule has 0 saturated carbocycles. The van der Waals surface area contributed by atoms with Crippen molar-refractivity contribution in [3.63, 3.8) is 0 Å². The predicted molar refractivity (Wildman–Crippen MR) is 56.0 cm³/mol. The second kappa shape index (κ2) is 3.71. The van der Waals surface area contributed by atoms with Crippen LogP contribution in [0, 0.1) is 18.8 Å². The van der Waals surface area contributed by atoms with E-state index >= 15 is 0 Å². The molecule has 0 spiro atoms. The quantitative estimate of drug-likeness (QED) is 0.721. The summed E-state index contributed by atoms with van der Waals surface area (Å²) in [5, 5.41) is 8.37. The minimum Gasteiger partial charge on any atom is -0.315 e. The lowest BCUT2D eigenvalue weighted by molar-refractivity contribution is 0.274. The Kier molecular flexibility index (Phi) is 2.57. The first-order valence-electron chi connectivity index (χ1n) is 5.61. The molecule has 3 heteroatoms. The number of hydrogen-bond donors (Lipinski definition) is 0. The van der Waals surface area contributed by atoms with Crippen molar-refractivity contribution in [1.29, 1.82) is 0 Å². The molecule has 0 N–H and O–H groups in total. The van der Waals surface area contributed by atoms with Crippen LogP contribution in [-0.2, 0) is 13.0 Å². The molecule has 2 heterocycles. The lowest BCUT2D eigenvalue weighted by atomic mass is 9.84. The summed E-state index contributed by atoms with van der Waals surface area (Å²) in [5.74, 6) is 3.90. The van der Waals surface area contributed by atoms with Crippen LogP contribution in [0.2, 0.25) is 0 Å². The number of hydrogen-bond acceptors (Lipinski definition) is 2. The average Bonchev–Trinajstić information content (AvgIpc) is 2.59. The third-order valence-corrected chi connectivity index (χ3v) is 3.63. The van der Waals surface area contributed by atoms with Gasteiger partial charge in [-0.1, -0.05) is 20.3 Å². The third kappa shape index (κ3) is 1.56. The van der Waals surface area contributed by atoms with E-state index in [2.05, 4.69) is 28.6 Å². The zero-order valence-corrected chi connectivity index (χ0v) is 9.32. The number of aryl methyl sites for hydroxylation is 1. The average molecular weight is 193 g/mol. The third-order valence-electron chi connectivity index (χ3n) is 3.63. The molecule has 1 aromatic heterocycles. The van der Waals surface area contributed by atoms with Crippen LogP contribution in [0.15, 0.2) is 0 Å². The van der Waals surface area contributed by atoms with E-state index in [0.717, 1.165) is 30.6 Å². The van der Waals surface area contributed by atoms with Crippen LogP contribution in [0.25, 0.3) is 0 Å². The first-order valence-corrected chi connectivity index (χ1v) is 5.61. The zero-order chi connectivity index (χ0) is 10.1. The van der Waals surface area contributed by atoms with Gasteiger partial charge in [0.25, 0.3) is 0 Å². The summed E-state index contributed by atoms with van der Waals surface area (Å²) in [7, 11) is 0. The second-order valence-electron chi connectivity index (χ2n) is 4.45. The molecule has 0 aromatic carbocycles. The Morgan fingerprint density at radius 1 is 1.50 bits per heavy atom. The van der Waals surface area contributed by atoms with Gasteiger partial charge >= 0.3 is 0 Å². The van der Waals surface area contributed by atoms with Gasteiger partial charge in [-0.25, -0.2) is 0 Å². The number of rotatable bonds is 2. The standard InChI is InChI=1S/C11H19N3/c1-4-8(2)10-5-6-14-9(3)12-13-11(14)7-10/h8,10H,4-7H2,1-3H3/t8-,10?/m0/s1. The van der Waals surface area contributed by atoms with Crippen LogP contribution in [-0.4, -0.2) is 14.8 Å². The van der Waals surface area contributed by atoms with Crippen LogP contribution in [0.3, 0.4) is 0 Å². The van der Waals surface area contributed by atoms with Crippen LogP contribution >= 0.6 is 0 Å². The molecule has 78 valence electrons. The predicted octanol–water partition coefficient (Wildman–Crippen LogP) is 2.20. The Morgan fingerprint density at radius 3 is 3.00 bits per heavy atom. The van der Waals surface area contributed by atoms with Crippen molar-refractivity contribution < 1.29 is 0 Å². The van der Waals surface area contributed by atoms with E-state index in [1.807, 2.05) is 6.92 Å². The maximum Gasteiger partial charge on any atom is 0.133 e.